The smallest absolute Gasteiger partial charge is 0.228 e. The Morgan fingerprint density at radius 2 is 1.36 bits per heavy atom. The summed E-state index contributed by atoms with van der Waals surface area (Å²) in [5.41, 5.74) is 2.22. The molecule has 1 aromatic carbocycles. The molecule has 0 N–H and O–H groups in total. The first kappa shape index (κ1) is 28.3. The Kier molecular flexibility index (Phi) is 11.4. The van der Waals surface area contributed by atoms with Crippen LogP contribution >= 0.6 is 32.9 Å². The Morgan fingerprint density at radius 1 is 0.778 bits per heavy atom. The number of rotatable bonds is 15. The first-order valence-corrected chi connectivity index (χ1v) is 15.0. The fourth-order valence-corrected chi connectivity index (χ4v) is 6.64. The number of unbranched alkanes of at least 4 members (excludes halogenated alkanes) is 7. The van der Waals surface area contributed by atoms with Gasteiger partial charge in [0.25, 0.3) is 0 Å². The average molecular weight is 547 g/mol. The Bertz CT molecular complexity index is 1150. The van der Waals surface area contributed by atoms with Crippen molar-refractivity contribution in [1.29, 1.82) is 0 Å². The van der Waals surface area contributed by atoms with Crippen molar-refractivity contribution in [2.45, 2.75) is 64.7 Å². The average Bonchev–Trinajstić information content (AvgIpc) is 3.32. The SMILES string of the molecule is COC1=C(OC)C(=O)C(CCCCCCCCCCOc2ccc(-c3cc(=S)ss3)cc2)=C(C)C1=O. The van der Waals surface area contributed by atoms with Crippen LogP contribution in [0.25, 0.3) is 10.4 Å². The summed E-state index contributed by atoms with van der Waals surface area (Å²) in [6, 6.07) is 10.3. The molecule has 194 valence electrons. The van der Waals surface area contributed by atoms with Crippen LogP contribution in [0.5, 0.6) is 5.75 Å². The van der Waals surface area contributed by atoms with Gasteiger partial charge in [0.15, 0.2) is 0 Å². The summed E-state index contributed by atoms with van der Waals surface area (Å²) in [6.07, 6.45) is 9.45. The van der Waals surface area contributed by atoms with Gasteiger partial charge in [-0.05, 0) is 62.1 Å². The number of ether oxygens (including phenoxy) is 3. The van der Waals surface area contributed by atoms with Gasteiger partial charge < -0.3 is 14.2 Å². The first-order chi connectivity index (χ1) is 17.5. The molecule has 1 heterocycles. The largest absolute Gasteiger partial charge is 0.494 e. The summed E-state index contributed by atoms with van der Waals surface area (Å²) in [5, 5.41) is 0. The topological polar surface area (TPSA) is 61.8 Å². The Hall–Kier alpha value is -2.29. The lowest BCUT2D eigenvalue weighted by atomic mass is 9.89. The van der Waals surface area contributed by atoms with Crippen LogP contribution in [0.1, 0.15) is 64.7 Å². The molecule has 5 nitrogen and oxygen atoms in total. The number of hydrogen-bond donors (Lipinski definition) is 0. The van der Waals surface area contributed by atoms with E-state index in [-0.39, 0.29) is 23.1 Å². The number of Topliss-reactive ketones (excluding diaryl/α,β-unsaturated/α-hetero) is 2. The van der Waals surface area contributed by atoms with Crippen LogP contribution < -0.4 is 4.74 Å². The van der Waals surface area contributed by atoms with Gasteiger partial charge in [-0.15, -0.1) is 0 Å². The van der Waals surface area contributed by atoms with Crippen LogP contribution in [0.4, 0.5) is 0 Å². The zero-order valence-corrected chi connectivity index (χ0v) is 23.7. The predicted octanol–water partition coefficient (Wildman–Crippen LogP) is 8.07. The number of allylic oxidation sites excluding steroid dienone is 2. The van der Waals surface area contributed by atoms with Crippen molar-refractivity contribution in [3.63, 3.8) is 0 Å². The molecule has 0 saturated heterocycles. The van der Waals surface area contributed by atoms with Gasteiger partial charge in [-0.3, -0.25) is 9.59 Å². The molecule has 0 unspecified atom stereocenters. The maximum absolute atomic E-state index is 12.7. The first-order valence-electron chi connectivity index (χ1n) is 12.4. The van der Waals surface area contributed by atoms with Gasteiger partial charge in [0.05, 0.1) is 20.8 Å². The molecule has 0 fully saturated rings. The molecule has 1 aromatic heterocycles. The van der Waals surface area contributed by atoms with E-state index in [1.807, 2.05) is 18.2 Å². The van der Waals surface area contributed by atoms with Gasteiger partial charge in [0.2, 0.25) is 23.1 Å². The van der Waals surface area contributed by atoms with Crippen molar-refractivity contribution in [1.82, 2.24) is 0 Å². The van der Waals surface area contributed by atoms with E-state index in [4.69, 9.17) is 26.4 Å². The molecule has 3 rings (SSSR count). The number of hydrogen-bond acceptors (Lipinski definition) is 8. The molecule has 8 heteroatoms. The van der Waals surface area contributed by atoms with Gasteiger partial charge >= 0.3 is 0 Å². The minimum atomic E-state index is -0.255. The van der Waals surface area contributed by atoms with E-state index in [2.05, 4.69) is 12.1 Å². The van der Waals surface area contributed by atoms with Crippen LogP contribution in [0.2, 0.25) is 0 Å². The highest BCUT2D eigenvalue weighted by Gasteiger charge is 2.34. The van der Waals surface area contributed by atoms with Crippen LogP contribution in [-0.2, 0) is 19.1 Å². The molecule has 36 heavy (non-hydrogen) atoms. The normalized spacial score (nSPS) is 14.0. The zero-order valence-electron chi connectivity index (χ0n) is 21.2. The summed E-state index contributed by atoms with van der Waals surface area (Å²) in [5.74, 6) is 0.462. The Labute approximate surface area is 226 Å². The van der Waals surface area contributed by atoms with Gasteiger partial charge in [0, 0.05) is 16.0 Å². The van der Waals surface area contributed by atoms with E-state index in [9.17, 15) is 9.59 Å². The number of carbonyl (C=O) groups excluding carboxylic acids is 2. The van der Waals surface area contributed by atoms with Crippen LogP contribution in [0, 0.1) is 3.82 Å². The molecular formula is C28H34O5S3. The molecular weight excluding hydrogens is 513 g/mol. The molecule has 1 aliphatic rings. The summed E-state index contributed by atoms with van der Waals surface area (Å²) in [6.45, 7) is 2.43. The van der Waals surface area contributed by atoms with E-state index >= 15 is 0 Å². The highest BCUT2D eigenvalue weighted by molar-refractivity contribution is 7.80. The monoisotopic (exact) mass is 546 g/mol. The zero-order chi connectivity index (χ0) is 25.9. The quantitative estimate of drug-likeness (QED) is 0.0974. The van der Waals surface area contributed by atoms with E-state index in [1.54, 1.807) is 27.6 Å². The van der Waals surface area contributed by atoms with Crippen molar-refractivity contribution in [3.8, 4) is 16.2 Å². The standard InChI is InChI=1S/C28H34O5S3/c1-19-22(26(30)28(32-3)27(31-2)25(19)29)12-10-8-6-4-5-7-9-11-17-33-21-15-13-20(14-16-21)23-18-24(34)36-35-23/h13-16,18H,4-12,17H2,1-3H3. The highest BCUT2D eigenvalue weighted by atomic mass is 32.9. The molecule has 0 saturated carbocycles. The molecule has 0 spiro atoms. The number of benzene rings is 1. The fourth-order valence-electron chi connectivity index (χ4n) is 4.24. The maximum Gasteiger partial charge on any atom is 0.228 e. The summed E-state index contributed by atoms with van der Waals surface area (Å²) < 4.78 is 17.0. The third kappa shape index (κ3) is 7.60. The predicted molar refractivity (Wildman–Crippen MR) is 149 cm³/mol. The minimum Gasteiger partial charge on any atom is -0.494 e. The van der Waals surface area contributed by atoms with Gasteiger partial charge in [-0.2, -0.15) is 0 Å². The van der Waals surface area contributed by atoms with E-state index in [0.29, 0.717) is 17.6 Å². The van der Waals surface area contributed by atoms with Crippen LogP contribution in [0.3, 0.4) is 0 Å². The molecule has 0 amide bonds. The lowest BCUT2D eigenvalue weighted by Gasteiger charge is -2.20. The molecule has 0 radical (unpaired) electrons. The second-order valence-electron chi connectivity index (χ2n) is 8.77. The summed E-state index contributed by atoms with van der Waals surface area (Å²) in [7, 11) is 6.12. The maximum atomic E-state index is 12.7. The second kappa shape index (κ2) is 14.4. The van der Waals surface area contributed by atoms with Crippen molar-refractivity contribution < 1.29 is 23.8 Å². The van der Waals surface area contributed by atoms with Gasteiger partial charge in [-0.1, -0.05) is 71.4 Å². The van der Waals surface area contributed by atoms with Crippen molar-refractivity contribution in [3.05, 3.63) is 56.8 Å². The highest BCUT2D eigenvalue weighted by Crippen LogP contribution is 2.31. The number of ketones is 2. The summed E-state index contributed by atoms with van der Waals surface area (Å²) >= 11 is 5.21. The molecule has 1 aliphatic carbocycles. The lowest BCUT2D eigenvalue weighted by Crippen LogP contribution is -2.25. The van der Waals surface area contributed by atoms with Crippen molar-refractivity contribution in [2.24, 2.45) is 0 Å². The molecule has 2 aromatic rings. The van der Waals surface area contributed by atoms with E-state index in [1.165, 1.54) is 43.9 Å². The molecule has 0 atom stereocenters. The second-order valence-corrected chi connectivity index (χ2v) is 11.7. The third-order valence-corrected chi connectivity index (χ3v) is 9.20. The third-order valence-electron chi connectivity index (χ3n) is 6.29. The van der Waals surface area contributed by atoms with Crippen LogP contribution in [0.15, 0.2) is 53.0 Å². The van der Waals surface area contributed by atoms with E-state index < -0.39 is 0 Å². The molecule has 0 aliphatic heterocycles. The van der Waals surface area contributed by atoms with E-state index in [0.717, 1.165) is 48.3 Å². The fraction of sp³-hybridized carbons (Fsp3) is 0.464. The van der Waals surface area contributed by atoms with Crippen molar-refractivity contribution >= 4 is 44.5 Å². The summed E-state index contributed by atoms with van der Waals surface area (Å²) in [4.78, 5) is 26.3. The van der Waals surface area contributed by atoms with Gasteiger partial charge in [-0.25, -0.2) is 0 Å². The van der Waals surface area contributed by atoms with Gasteiger partial charge in [0.1, 0.15) is 9.57 Å². The Morgan fingerprint density at radius 3 is 1.94 bits per heavy atom. The van der Waals surface area contributed by atoms with Crippen LogP contribution in [-0.4, -0.2) is 32.4 Å². The minimum absolute atomic E-state index is 0.00763. The number of carbonyl (C=O) groups is 2. The van der Waals surface area contributed by atoms with Crippen molar-refractivity contribution in [2.75, 3.05) is 20.8 Å². The molecule has 0 bridgehead atoms. The lowest BCUT2D eigenvalue weighted by molar-refractivity contribution is -0.121. The Balaban J connectivity index is 1.24. The number of methoxy groups -OCH3 is 2.